The minimum Gasteiger partial charge on any atom is -0.406 e. The zero-order valence-corrected chi connectivity index (χ0v) is 14.4. The van der Waals surface area contributed by atoms with E-state index in [1.54, 1.807) is 4.90 Å². The number of carbonyl (C=O) groups excluding carboxylic acids is 1. The summed E-state index contributed by atoms with van der Waals surface area (Å²) in [4.78, 5) is 13.4. The second kappa shape index (κ2) is 7.61. The molecule has 25 heavy (non-hydrogen) atoms. The van der Waals surface area contributed by atoms with E-state index in [9.17, 15) is 26.4 Å². The van der Waals surface area contributed by atoms with Crippen molar-refractivity contribution in [3.8, 4) is 5.75 Å². The van der Waals surface area contributed by atoms with Gasteiger partial charge in [0.05, 0.1) is 11.4 Å². The maximum atomic E-state index is 12.1. The molecule has 0 radical (unpaired) electrons. The lowest BCUT2D eigenvalue weighted by Crippen LogP contribution is -2.44. The zero-order chi connectivity index (χ0) is 18.7. The van der Waals surface area contributed by atoms with Gasteiger partial charge in [-0.25, -0.2) is 13.1 Å². The fraction of sp³-hybridized carbons (Fsp3) is 0.533. The second-order valence-corrected chi connectivity index (χ2v) is 7.70. The van der Waals surface area contributed by atoms with E-state index < -0.39 is 28.7 Å². The fourth-order valence-corrected chi connectivity index (χ4v) is 3.56. The van der Waals surface area contributed by atoms with Crippen molar-refractivity contribution in [3.05, 3.63) is 24.3 Å². The third-order valence-corrected chi connectivity index (χ3v) is 5.21. The fourth-order valence-electron chi connectivity index (χ4n) is 2.59. The van der Waals surface area contributed by atoms with Crippen LogP contribution in [0.5, 0.6) is 5.75 Å². The normalized spacial score (nSPS) is 18.9. The van der Waals surface area contributed by atoms with E-state index in [0.717, 1.165) is 37.1 Å². The van der Waals surface area contributed by atoms with Crippen LogP contribution in [0.1, 0.15) is 19.8 Å². The Hall–Kier alpha value is -1.81. The summed E-state index contributed by atoms with van der Waals surface area (Å²) in [5.41, 5.74) is 0. The van der Waals surface area contributed by atoms with Crippen molar-refractivity contribution in [3.63, 3.8) is 0 Å². The number of halogens is 3. The van der Waals surface area contributed by atoms with Crippen molar-refractivity contribution in [2.75, 3.05) is 19.6 Å². The number of alkyl halides is 3. The number of hydrogen-bond donors (Lipinski definition) is 1. The predicted molar refractivity (Wildman–Crippen MR) is 83.3 cm³/mol. The summed E-state index contributed by atoms with van der Waals surface area (Å²) in [6, 6.07) is 3.76. The Kier molecular flexibility index (Phi) is 5.94. The molecule has 140 valence electrons. The van der Waals surface area contributed by atoms with Gasteiger partial charge in [0.15, 0.2) is 0 Å². The van der Waals surface area contributed by atoms with Gasteiger partial charge in [-0.05, 0) is 43.0 Å². The molecule has 0 aliphatic carbocycles. The van der Waals surface area contributed by atoms with Gasteiger partial charge >= 0.3 is 6.36 Å². The van der Waals surface area contributed by atoms with Crippen LogP contribution in [0.15, 0.2) is 29.2 Å². The summed E-state index contributed by atoms with van der Waals surface area (Å²) in [5, 5.41) is 0. The van der Waals surface area contributed by atoms with Gasteiger partial charge in [0.25, 0.3) is 0 Å². The first-order valence-electron chi connectivity index (χ1n) is 7.70. The van der Waals surface area contributed by atoms with Crippen molar-refractivity contribution in [2.24, 2.45) is 5.92 Å². The van der Waals surface area contributed by atoms with Crippen molar-refractivity contribution >= 4 is 15.9 Å². The summed E-state index contributed by atoms with van der Waals surface area (Å²) in [7, 11) is -4.00. The number of piperidine rings is 1. The first-order valence-corrected chi connectivity index (χ1v) is 9.18. The number of nitrogens with zero attached hydrogens (tertiary/aromatic N) is 1. The molecule has 1 aromatic rings. The molecule has 0 spiro atoms. The second-order valence-electron chi connectivity index (χ2n) is 5.93. The van der Waals surface area contributed by atoms with Gasteiger partial charge in [-0.3, -0.25) is 4.79 Å². The third kappa shape index (κ3) is 5.89. The minimum atomic E-state index is -4.85. The molecule has 1 aromatic carbocycles. The molecule has 0 saturated carbocycles. The Bertz CT molecular complexity index is 704. The summed E-state index contributed by atoms with van der Waals surface area (Å²) in [6.07, 6.45) is -2.95. The van der Waals surface area contributed by atoms with Gasteiger partial charge in [0.1, 0.15) is 5.75 Å². The average molecular weight is 380 g/mol. The highest BCUT2D eigenvalue weighted by molar-refractivity contribution is 7.89. The molecule has 1 N–H and O–H groups in total. The molecule has 1 fully saturated rings. The Morgan fingerprint density at radius 3 is 2.52 bits per heavy atom. The predicted octanol–water partition coefficient (Wildman–Crippen LogP) is 2.12. The summed E-state index contributed by atoms with van der Waals surface area (Å²) in [6.45, 7) is 2.81. The van der Waals surface area contributed by atoms with E-state index in [4.69, 9.17) is 0 Å². The number of rotatable bonds is 5. The van der Waals surface area contributed by atoms with Crippen LogP contribution >= 0.6 is 0 Å². The molecule has 1 heterocycles. The molecule has 10 heteroatoms. The molecule has 0 aromatic heterocycles. The Balaban J connectivity index is 1.95. The summed E-state index contributed by atoms with van der Waals surface area (Å²) in [5.74, 6) is -0.479. The smallest absolute Gasteiger partial charge is 0.406 e. The van der Waals surface area contributed by atoms with Crippen LogP contribution in [0, 0.1) is 5.92 Å². The van der Waals surface area contributed by atoms with Crippen molar-refractivity contribution < 1.29 is 31.1 Å². The largest absolute Gasteiger partial charge is 0.573 e. The Labute approximate surface area is 144 Å². The first-order chi connectivity index (χ1) is 11.6. The minimum absolute atomic E-state index is 0.248. The standard InChI is InChI=1S/C15H19F3N2O4S/c1-11-3-2-8-20(10-11)14(21)9-19-25(22,23)13-6-4-12(5-7-13)24-15(16,17)18/h4-7,11,19H,2-3,8-10H2,1H3. The molecule has 1 saturated heterocycles. The highest BCUT2D eigenvalue weighted by atomic mass is 32.2. The number of likely N-dealkylation sites (tertiary alicyclic amines) is 1. The van der Waals surface area contributed by atoms with Crippen LogP contribution in [0.25, 0.3) is 0 Å². The van der Waals surface area contributed by atoms with Gasteiger partial charge in [-0.2, -0.15) is 0 Å². The van der Waals surface area contributed by atoms with E-state index in [0.29, 0.717) is 19.0 Å². The van der Waals surface area contributed by atoms with Gasteiger partial charge < -0.3 is 9.64 Å². The van der Waals surface area contributed by atoms with Gasteiger partial charge in [-0.1, -0.05) is 6.92 Å². The van der Waals surface area contributed by atoms with Crippen molar-refractivity contribution in [2.45, 2.75) is 31.0 Å². The van der Waals surface area contributed by atoms with Crippen LogP contribution < -0.4 is 9.46 Å². The third-order valence-electron chi connectivity index (χ3n) is 3.79. The molecule has 6 nitrogen and oxygen atoms in total. The molecule has 2 rings (SSSR count). The van der Waals surface area contributed by atoms with Crippen molar-refractivity contribution in [1.29, 1.82) is 0 Å². The monoisotopic (exact) mass is 380 g/mol. The number of amides is 1. The number of benzene rings is 1. The zero-order valence-electron chi connectivity index (χ0n) is 13.5. The van der Waals surface area contributed by atoms with E-state index in [-0.39, 0.29) is 10.8 Å². The summed E-state index contributed by atoms with van der Waals surface area (Å²) >= 11 is 0. The van der Waals surface area contributed by atoms with E-state index in [2.05, 4.69) is 9.46 Å². The van der Waals surface area contributed by atoms with Crippen LogP contribution in [0.3, 0.4) is 0 Å². The number of sulfonamides is 1. The SMILES string of the molecule is CC1CCCN(C(=O)CNS(=O)(=O)c2ccc(OC(F)(F)F)cc2)C1. The molecule has 1 aliphatic rings. The topological polar surface area (TPSA) is 75.7 Å². The molecular formula is C15H19F3N2O4S. The van der Waals surface area contributed by atoms with Crippen LogP contribution in [-0.4, -0.2) is 45.2 Å². The number of nitrogens with one attached hydrogen (secondary N) is 1. The molecule has 1 amide bonds. The Morgan fingerprint density at radius 2 is 1.96 bits per heavy atom. The van der Waals surface area contributed by atoms with E-state index in [1.807, 2.05) is 6.92 Å². The summed E-state index contributed by atoms with van der Waals surface area (Å²) < 4.78 is 66.4. The maximum absolute atomic E-state index is 12.1. The van der Waals surface area contributed by atoms with Gasteiger partial charge in [0, 0.05) is 13.1 Å². The highest BCUT2D eigenvalue weighted by Gasteiger charge is 2.31. The lowest BCUT2D eigenvalue weighted by Gasteiger charge is -2.31. The number of hydrogen-bond acceptors (Lipinski definition) is 4. The highest BCUT2D eigenvalue weighted by Crippen LogP contribution is 2.23. The van der Waals surface area contributed by atoms with E-state index in [1.165, 1.54) is 0 Å². The number of ether oxygens (including phenoxy) is 1. The lowest BCUT2D eigenvalue weighted by molar-refractivity contribution is -0.274. The van der Waals surface area contributed by atoms with Gasteiger partial charge in [0.2, 0.25) is 15.9 Å². The van der Waals surface area contributed by atoms with E-state index >= 15 is 0 Å². The van der Waals surface area contributed by atoms with Crippen LogP contribution in [-0.2, 0) is 14.8 Å². The quantitative estimate of drug-likeness (QED) is 0.849. The molecule has 1 unspecified atom stereocenters. The molecule has 1 atom stereocenters. The lowest BCUT2D eigenvalue weighted by atomic mass is 10.0. The molecule has 0 bridgehead atoms. The number of carbonyl (C=O) groups is 1. The van der Waals surface area contributed by atoms with Crippen molar-refractivity contribution in [1.82, 2.24) is 9.62 Å². The first kappa shape index (κ1) is 19.5. The van der Waals surface area contributed by atoms with Crippen LogP contribution in [0.4, 0.5) is 13.2 Å². The van der Waals surface area contributed by atoms with Gasteiger partial charge in [-0.15, -0.1) is 13.2 Å². The Morgan fingerprint density at radius 1 is 1.32 bits per heavy atom. The average Bonchev–Trinajstić information content (AvgIpc) is 2.51. The molecule has 1 aliphatic heterocycles. The maximum Gasteiger partial charge on any atom is 0.573 e. The van der Waals surface area contributed by atoms with Crippen LogP contribution in [0.2, 0.25) is 0 Å². The molecular weight excluding hydrogens is 361 g/mol.